The molecule has 8 nitrogen and oxygen atoms in total. The maximum Gasteiger partial charge on any atom is 0.251 e. The van der Waals surface area contributed by atoms with Gasteiger partial charge < -0.3 is 25.8 Å². The minimum absolute atomic E-state index is 0.178. The summed E-state index contributed by atoms with van der Waals surface area (Å²) in [6, 6.07) is 10.9. The smallest absolute Gasteiger partial charge is 0.251 e. The number of rotatable bonds is 8. The van der Waals surface area contributed by atoms with Crippen LogP contribution in [0.15, 0.2) is 48.8 Å². The lowest BCUT2D eigenvalue weighted by Crippen LogP contribution is -2.54. The van der Waals surface area contributed by atoms with E-state index in [1.807, 2.05) is 25.3 Å². The van der Waals surface area contributed by atoms with E-state index in [9.17, 15) is 9.90 Å². The zero-order valence-electron chi connectivity index (χ0n) is 19.0. The maximum absolute atomic E-state index is 12.7. The third-order valence-electron chi connectivity index (χ3n) is 5.92. The molecule has 3 heterocycles. The number of carbonyl (C=O) groups excluding carboxylic acids is 1. The van der Waals surface area contributed by atoms with E-state index in [0.29, 0.717) is 37.4 Å². The van der Waals surface area contributed by atoms with Crippen molar-refractivity contribution in [3.63, 3.8) is 0 Å². The number of β-amino-alcohol motifs (C(OH)–C–C–N with tert-alkyl or cyclic N) is 1. The minimum atomic E-state index is -1.02. The molecule has 1 unspecified atom stereocenters. The van der Waals surface area contributed by atoms with Crippen molar-refractivity contribution in [2.24, 2.45) is 5.73 Å². The number of anilines is 1. The van der Waals surface area contributed by atoms with Gasteiger partial charge in [0.25, 0.3) is 5.91 Å². The minimum Gasteiger partial charge on any atom is -0.494 e. The fraction of sp³-hybridized carbons (Fsp3) is 0.400. The standard InChI is InChI=1S/C25H31N5O3/c1-18-14-23(21-15-27-11-8-22(21)29-18)30-12-2-9-25(32,17-30)16-28-24(31)19-4-6-20(7-5-19)33-13-3-10-26/h4-8,11,14-15,32H,2-3,9-10,12-13,16-17,26H2,1H3,(H,28,31). The molecular weight excluding hydrogens is 418 g/mol. The second-order valence-corrected chi connectivity index (χ2v) is 8.62. The van der Waals surface area contributed by atoms with Crippen molar-refractivity contribution in [1.29, 1.82) is 0 Å². The van der Waals surface area contributed by atoms with Gasteiger partial charge in [0.05, 0.1) is 17.7 Å². The predicted octanol–water partition coefficient (Wildman–Crippen LogP) is 2.43. The highest BCUT2D eigenvalue weighted by Gasteiger charge is 2.34. The normalized spacial score (nSPS) is 18.3. The van der Waals surface area contributed by atoms with Crippen LogP contribution in [0.25, 0.3) is 10.9 Å². The molecule has 0 aliphatic carbocycles. The highest BCUT2D eigenvalue weighted by atomic mass is 16.5. The molecule has 1 amide bonds. The highest BCUT2D eigenvalue weighted by Crippen LogP contribution is 2.31. The molecule has 1 atom stereocenters. The van der Waals surface area contributed by atoms with E-state index in [0.717, 1.165) is 41.7 Å². The lowest BCUT2D eigenvalue weighted by Gasteiger charge is -2.41. The molecule has 0 saturated carbocycles. The van der Waals surface area contributed by atoms with Crippen LogP contribution in [0.5, 0.6) is 5.75 Å². The molecule has 1 saturated heterocycles. The van der Waals surface area contributed by atoms with Gasteiger partial charge in [0.2, 0.25) is 0 Å². The lowest BCUT2D eigenvalue weighted by molar-refractivity contribution is 0.0257. The van der Waals surface area contributed by atoms with Gasteiger partial charge in [-0.2, -0.15) is 0 Å². The van der Waals surface area contributed by atoms with Crippen molar-refractivity contribution in [2.45, 2.75) is 31.8 Å². The van der Waals surface area contributed by atoms with E-state index in [1.165, 1.54) is 0 Å². The summed E-state index contributed by atoms with van der Waals surface area (Å²) in [4.78, 5) is 23.7. The van der Waals surface area contributed by atoms with Crippen molar-refractivity contribution in [2.75, 3.05) is 37.7 Å². The topological polar surface area (TPSA) is 114 Å². The van der Waals surface area contributed by atoms with Crippen molar-refractivity contribution < 1.29 is 14.6 Å². The van der Waals surface area contributed by atoms with Crippen LogP contribution in [0.3, 0.4) is 0 Å². The Bertz CT molecular complexity index is 1100. The molecule has 1 aliphatic rings. The van der Waals surface area contributed by atoms with Crippen molar-refractivity contribution in [3.8, 4) is 5.75 Å². The average Bonchev–Trinajstić information content (AvgIpc) is 2.82. The van der Waals surface area contributed by atoms with Crippen LogP contribution in [0.1, 0.15) is 35.3 Å². The summed E-state index contributed by atoms with van der Waals surface area (Å²) in [5.41, 5.74) is 7.80. The first-order chi connectivity index (χ1) is 16.0. The number of aromatic nitrogens is 2. The largest absolute Gasteiger partial charge is 0.494 e. The van der Waals surface area contributed by atoms with Gasteiger partial charge in [-0.15, -0.1) is 0 Å². The SMILES string of the molecule is Cc1cc(N2CCCC(O)(CNC(=O)c3ccc(OCCCN)cc3)C2)c2cnccc2n1. The molecule has 4 rings (SSSR count). The van der Waals surface area contributed by atoms with Crippen LogP contribution < -0.4 is 20.7 Å². The number of hydrogen-bond donors (Lipinski definition) is 3. The van der Waals surface area contributed by atoms with Gasteiger partial charge in [0.1, 0.15) is 5.75 Å². The second kappa shape index (κ2) is 10.1. The number of piperidine rings is 1. The molecule has 1 aliphatic heterocycles. The number of pyridine rings is 2. The Morgan fingerprint density at radius 2 is 2.12 bits per heavy atom. The molecule has 1 aromatic carbocycles. The Morgan fingerprint density at radius 1 is 1.30 bits per heavy atom. The van der Waals surface area contributed by atoms with Crippen LogP contribution in [-0.2, 0) is 0 Å². The number of ether oxygens (including phenoxy) is 1. The van der Waals surface area contributed by atoms with Crippen LogP contribution in [0, 0.1) is 6.92 Å². The number of aliphatic hydroxyl groups is 1. The van der Waals surface area contributed by atoms with E-state index in [-0.39, 0.29) is 12.5 Å². The molecule has 33 heavy (non-hydrogen) atoms. The molecule has 3 aromatic rings. The quantitative estimate of drug-likeness (QED) is 0.453. The molecule has 2 aromatic heterocycles. The predicted molar refractivity (Wildman–Crippen MR) is 129 cm³/mol. The number of benzene rings is 1. The Labute approximate surface area is 193 Å². The molecule has 0 radical (unpaired) electrons. The third kappa shape index (κ3) is 5.58. The first-order valence-electron chi connectivity index (χ1n) is 11.4. The first kappa shape index (κ1) is 22.9. The Balaban J connectivity index is 1.40. The maximum atomic E-state index is 12.7. The van der Waals surface area contributed by atoms with Crippen molar-refractivity contribution >= 4 is 22.5 Å². The van der Waals surface area contributed by atoms with E-state index >= 15 is 0 Å². The van der Waals surface area contributed by atoms with Crippen LogP contribution in [0.4, 0.5) is 5.69 Å². The molecule has 8 heteroatoms. The number of amides is 1. The number of hydrogen-bond acceptors (Lipinski definition) is 7. The number of nitrogens with one attached hydrogen (secondary N) is 1. The van der Waals surface area contributed by atoms with Gasteiger partial charge in [-0.3, -0.25) is 14.8 Å². The van der Waals surface area contributed by atoms with Crippen molar-refractivity contribution in [1.82, 2.24) is 15.3 Å². The first-order valence-corrected chi connectivity index (χ1v) is 11.4. The number of aryl methyl sites for hydroxylation is 1. The molecule has 0 bridgehead atoms. The Kier molecular flexibility index (Phi) is 7.05. The fourth-order valence-electron chi connectivity index (χ4n) is 4.23. The summed E-state index contributed by atoms with van der Waals surface area (Å²) < 4.78 is 5.58. The van der Waals surface area contributed by atoms with Crippen LogP contribution in [0.2, 0.25) is 0 Å². The van der Waals surface area contributed by atoms with Gasteiger partial charge in [-0.05, 0) is 69.1 Å². The summed E-state index contributed by atoms with van der Waals surface area (Å²) in [7, 11) is 0. The summed E-state index contributed by atoms with van der Waals surface area (Å²) in [6.45, 7) is 4.53. The van der Waals surface area contributed by atoms with E-state index < -0.39 is 5.60 Å². The molecule has 174 valence electrons. The van der Waals surface area contributed by atoms with Gasteiger partial charge in [-0.1, -0.05) is 0 Å². The number of fused-ring (bicyclic) bond motifs is 1. The average molecular weight is 450 g/mol. The highest BCUT2D eigenvalue weighted by molar-refractivity contribution is 5.94. The van der Waals surface area contributed by atoms with E-state index in [2.05, 4.69) is 20.2 Å². The summed E-state index contributed by atoms with van der Waals surface area (Å²) in [5, 5.41) is 15.2. The lowest BCUT2D eigenvalue weighted by atomic mass is 9.92. The zero-order valence-corrected chi connectivity index (χ0v) is 19.0. The molecule has 4 N–H and O–H groups in total. The van der Waals surface area contributed by atoms with Crippen molar-refractivity contribution in [3.05, 3.63) is 60.0 Å². The molecule has 1 fully saturated rings. The summed E-state index contributed by atoms with van der Waals surface area (Å²) in [6.07, 6.45) is 5.78. The van der Waals surface area contributed by atoms with Crippen LogP contribution >= 0.6 is 0 Å². The van der Waals surface area contributed by atoms with E-state index in [1.54, 1.807) is 30.5 Å². The van der Waals surface area contributed by atoms with Crippen LogP contribution in [-0.4, -0.2) is 59.4 Å². The third-order valence-corrected chi connectivity index (χ3v) is 5.92. The molecule has 0 spiro atoms. The number of carbonyl (C=O) groups is 1. The number of nitrogens with zero attached hydrogens (tertiary/aromatic N) is 3. The molecular formula is C25H31N5O3. The zero-order chi connectivity index (χ0) is 23.3. The second-order valence-electron chi connectivity index (χ2n) is 8.62. The van der Waals surface area contributed by atoms with Gasteiger partial charge >= 0.3 is 0 Å². The Hall–Kier alpha value is -3.23. The Morgan fingerprint density at radius 3 is 2.91 bits per heavy atom. The summed E-state index contributed by atoms with van der Waals surface area (Å²) >= 11 is 0. The van der Waals surface area contributed by atoms with Gasteiger partial charge in [0, 0.05) is 54.4 Å². The fourth-order valence-corrected chi connectivity index (χ4v) is 4.23. The summed E-state index contributed by atoms with van der Waals surface area (Å²) in [5.74, 6) is 0.486. The van der Waals surface area contributed by atoms with E-state index in [4.69, 9.17) is 10.5 Å². The van der Waals surface area contributed by atoms with Gasteiger partial charge in [0.15, 0.2) is 0 Å². The monoisotopic (exact) mass is 449 g/mol. The van der Waals surface area contributed by atoms with Gasteiger partial charge in [-0.25, -0.2) is 0 Å². The number of nitrogens with two attached hydrogens (primary N) is 1.